The van der Waals surface area contributed by atoms with Gasteiger partial charge < -0.3 is 20.0 Å². The number of quaternary nitrogens is 2. The lowest BCUT2D eigenvalue weighted by Crippen LogP contribution is -3.16. The monoisotopic (exact) mass is 400 g/mol. The maximum Gasteiger partial charge on any atom is 0.278 e. The van der Waals surface area contributed by atoms with Crippen LogP contribution in [0.1, 0.15) is 31.7 Å². The molecule has 2 heterocycles. The predicted octanol–water partition coefficient (Wildman–Crippen LogP) is -0.998. The molecule has 1 fully saturated rings. The van der Waals surface area contributed by atoms with Gasteiger partial charge in [0.1, 0.15) is 0 Å². The molecular weight excluding hydrogens is 364 g/mol. The highest BCUT2D eigenvalue weighted by Crippen LogP contribution is 2.17. The lowest BCUT2D eigenvalue weighted by molar-refractivity contribution is -0.897. The van der Waals surface area contributed by atoms with Crippen molar-refractivity contribution in [1.29, 1.82) is 0 Å². The van der Waals surface area contributed by atoms with Crippen LogP contribution in [0.3, 0.4) is 0 Å². The minimum atomic E-state index is 0.131. The van der Waals surface area contributed by atoms with E-state index in [9.17, 15) is 9.59 Å². The van der Waals surface area contributed by atoms with E-state index in [0.717, 1.165) is 65.1 Å². The van der Waals surface area contributed by atoms with Crippen LogP contribution in [0.15, 0.2) is 36.4 Å². The van der Waals surface area contributed by atoms with Gasteiger partial charge in [0, 0.05) is 13.0 Å². The minimum absolute atomic E-state index is 0.131. The molecule has 0 bridgehead atoms. The van der Waals surface area contributed by atoms with E-state index >= 15 is 0 Å². The van der Waals surface area contributed by atoms with E-state index in [-0.39, 0.29) is 11.8 Å². The van der Waals surface area contributed by atoms with Crippen LogP contribution in [0.2, 0.25) is 0 Å². The summed E-state index contributed by atoms with van der Waals surface area (Å²) < 4.78 is 0. The number of carbonyl (C=O) groups is 2. The van der Waals surface area contributed by atoms with E-state index in [1.54, 1.807) is 0 Å². The highest BCUT2D eigenvalue weighted by molar-refractivity contribution is 5.77. The molecule has 158 valence electrons. The van der Waals surface area contributed by atoms with Crippen LogP contribution >= 0.6 is 0 Å². The molecule has 0 spiro atoms. The van der Waals surface area contributed by atoms with Crippen molar-refractivity contribution in [2.75, 3.05) is 58.9 Å². The topological polar surface area (TPSA) is 58.3 Å². The molecule has 6 nitrogen and oxygen atoms in total. The Morgan fingerprint density at radius 3 is 2.45 bits per heavy atom. The number of unbranched alkanes of at least 4 members (excludes halogenated alkanes) is 1. The molecule has 29 heavy (non-hydrogen) atoms. The van der Waals surface area contributed by atoms with Crippen molar-refractivity contribution < 1.29 is 19.4 Å². The smallest absolute Gasteiger partial charge is 0.278 e. The van der Waals surface area contributed by atoms with Gasteiger partial charge >= 0.3 is 0 Å². The van der Waals surface area contributed by atoms with Gasteiger partial charge in [-0.15, -0.1) is 0 Å². The molecule has 0 aromatic heterocycles. The minimum Gasteiger partial charge on any atom is -0.351 e. The highest BCUT2D eigenvalue weighted by Gasteiger charge is 2.28. The average molecular weight is 401 g/mol. The Balaban J connectivity index is 1.37. The molecule has 1 aromatic rings. The number of carbonyl (C=O) groups excluding carboxylic acids is 2. The summed E-state index contributed by atoms with van der Waals surface area (Å²) in [5.74, 6) is 0.384. The highest BCUT2D eigenvalue weighted by atomic mass is 16.2. The third-order valence-corrected chi connectivity index (χ3v) is 6.02. The molecular formula is C23H36N4O2+2. The van der Waals surface area contributed by atoms with E-state index in [1.807, 2.05) is 11.0 Å². The summed E-state index contributed by atoms with van der Waals surface area (Å²) in [6.45, 7) is 9.16. The molecule has 1 unspecified atom stereocenters. The summed E-state index contributed by atoms with van der Waals surface area (Å²) in [7, 11) is 0. The number of nitrogens with one attached hydrogen (secondary N) is 3. The number of nitrogens with zero attached hydrogens (tertiary/aromatic N) is 1. The van der Waals surface area contributed by atoms with Crippen LogP contribution < -0.4 is 15.1 Å². The van der Waals surface area contributed by atoms with Crippen molar-refractivity contribution in [1.82, 2.24) is 10.2 Å². The number of benzene rings is 1. The molecule has 2 amide bonds. The standard InChI is InChI=1S/C23H34N4O2/c1-2-3-11-24-22(28)18-26-14-16-27(17-15-26)23(29)19-25-12-9-21(10-13-25)20-7-5-4-6-8-20/h4-9H,2-3,10-19H2,1H3,(H,24,28)/p+2. The van der Waals surface area contributed by atoms with Crippen molar-refractivity contribution in [3.8, 4) is 0 Å². The molecule has 0 aliphatic carbocycles. The van der Waals surface area contributed by atoms with Gasteiger partial charge in [-0.05, 0) is 23.6 Å². The summed E-state index contributed by atoms with van der Waals surface area (Å²) in [6.07, 6.45) is 5.44. The first-order chi connectivity index (χ1) is 14.2. The Labute approximate surface area is 174 Å². The third-order valence-electron chi connectivity index (χ3n) is 6.02. The van der Waals surface area contributed by atoms with E-state index in [1.165, 1.54) is 20.9 Å². The number of piperazine rings is 1. The zero-order valence-corrected chi connectivity index (χ0v) is 17.7. The molecule has 0 saturated carbocycles. The second-order valence-electron chi connectivity index (χ2n) is 8.24. The molecule has 3 N–H and O–H groups in total. The second kappa shape index (κ2) is 11.1. The Morgan fingerprint density at radius 2 is 1.79 bits per heavy atom. The predicted molar refractivity (Wildman–Crippen MR) is 115 cm³/mol. The lowest BCUT2D eigenvalue weighted by atomic mass is 9.99. The van der Waals surface area contributed by atoms with Gasteiger partial charge in [-0.3, -0.25) is 9.59 Å². The molecule has 1 saturated heterocycles. The SMILES string of the molecule is CCCCNC(=O)C[NH+]1CCN(C(=O)C[NH+]2CC=C(c3ccccc3)CC2)CC1. The summed E-state index contributed by atoms with van der Waals surface area (Å²) in [5.41, 5.74) is 2.70. The van der Waals surface area contributed by atoms with Gasteiger partial charge in [0.2, 0.25) is 0 Å². The third kappa shape index (κ3) is 6.68. The van der Waals surface area contributed by atoms with Gasteiger partial charge in [-0.25, -0.2) is 0 Å². The molecule has 6 heteroatoms. The maximum atomic E-state index is 12.7. The number of hydrogen-bond acceptors (Lipinski definition) is 2. The Bertz CT molecular complexity index is 696. The normalized spacial score (nSPS) is 20.2. The van der Waals surface area contributed by atoms with Crippen molar-refractivity contribution in [3.05, 3.63) is 42.0 Å². The number of hydrogen-bond donors (Lipinski definition) is 3. The Hall–Kier alpha value is -2.18. The first-order valence-electron chi connectivity index (χ1n) is 11.1. The van der Waals surface area contributed by atoms with Crippen LogP contribution in [-0.4, -0.2) is 75.6 Å². The fourth-order valence-corrected chi connectivity index (χ4v) is 4.13. The first kappa shape index (κ1) is 21.5. The second-order valence-corrected chi connectivity index (χ2v) is 8.24. The average Bonchev–Trinajstić information content (AvgIpc) is 2.75. The Kier molecular flexibility index (Phi) is 8.25. The number of rotatable bonds is 8. The van der Waals surface area contributed by atoms with Crippen LogP contribution in [0.4, 0.5) is 0 Å². The summed E-state index contributed by atoms with van der Waals surface area (Å²) in [5, 5.41) is 2.99. The van der Waals surface area contributed by atoms with Crippen LogP contribution in [0, 0.1) is 0 Å². The van der Waals surface area contributed by atoms with Crippen molar-refractivity contribution >= 4 is 17.4 Å². The molecule has 2 aliphatic heterocycles. The summed E-state index contributed by atoms with van der Waals surface area (Å²) >= 11 is 0. The fraction of sp³-hybridized carbons (Fsp3) is 0.565. The van der Waals surface area contributed by atoms with Crippen LogP contribution in [-0.2, 0) is 9.59 Å². The van der Waals surface area contributed by atoms with Crippen molar-refractivity contribution in [3.63, 3.8) is 0 Å². The van der Waals surface area contributed by atoms with Gasteiger partial charge in [0.05, 0.1) is 39.3 Å². The van der Waals surface area contributed by atoms with E-state index in [0.29, 0.717) is 13.1 Å². The van der Waals surface area contributed by atoms with E-state index < -0.39 is 0 Å². The van der Waals surface area contributed by atoms with Gasteiger partial charge in [0.25, 0.3) is 11.8 Å². The maximum absolute atomic E-state index is 12.7. The molecule has 0 radical (unpaired) electrons. The Morgan fingerprint density at radius 1 is 1.03 bits per heavy atom. The van der Waals surface area contributed by atoms with E-state index in [2.05, 4.69) is 42.6 Å². The summed E-state index contributed by atoms with van der Waals surface area (Å²) in [6, 6.07) is 10.5. The van der Waals surface area contributed by atoms with Gasteiger partial charge in [-0.1, -0.05) is 43.7 Å². The van der Waals surface area contributed by atoms with Crippen LogP contribution in [0.5, 0.6) is 0 Å². The zero-order valence-electron chi connectivity index (χ0n) is 17.7. The quantitative estimate of drug-likeness (QED) is 0.491. The van der Waals surface area contributed by atoms with Crippen molar-refractivity contribution in [2.24, 2.45) is 0 Å². The van der Waals surface area contributed by atoms with E-state index in [4.69, 9.17) is 0 Å². The summed E-state index contributed by atoms with van der Waals surface area (Å²) in [4.78, 5) is 29.3. The van der Waals surface area contributed by atoms with Gasteiger partial charge in [-0.2, -0.15) is 0 Å². The lowest BCUT2D eigenvalue weighted by Gasteiger charge is -2.33. The largest absolute Gasteiger partial charge is 0.351 e. The molecule has 3 rings (SSSR count). The molecule has 1 aromatic carbocycles. The van der Waals surface area contributed by atoms with Crippen molar-refractivity contribution in [2.45, 2.75) is 26.2 Å². The first-order valence-corrected chi connectivity index (χ1v) is 11.1. The number of amides is 2. The van der Waals surface area contributed by atoms with Gasteiger partial charge in [0.15, 0.2) is 13.1 Å². The fourth-order valence-electron chi connectivity index (χ4n) is 4.13. The van der Waals surface area contributed by atoms with Crippen LogP contribution in [0.25, 0.3) is 5.57 Å². The zero-order chi connectivity index (χ0) is 20.5. The molecule has 1 atom stereocenters. The molecule has 2 aliphatic rings.